The van der Waals surface area contributed by atoms with Crippen molar-refractivity contribution >= 4 is 5.96 Å². The van der Waals surface area contributed by atoms with E-state index < -0.39 is 5.60 Å². The van der Waals surface area contributed by atoms with Gasteiger partial charge in [-0.15, -0.1) is 0 Å². The summed E-state index contributed by atoms with van der Waals surface area (Å²) in [6, 6.07) is 0. The molecule has 0 saturated heterocycles. The quantitative estimate of drug-likeness (QED) is 0.390. The lowest BCUT2D eigenvalue weighted by atomic mass is 10.0. The van der Waals surface area contributed by atoms with Crippen LogP contribution in [-0.2, 0) is 0 Å². The van der Waals surface area contributed by atoms with Crippen LogP contribution in [0, 0.1) is 0 Å². The maximum atomic E-state index is 9.49. The second kappa shape index (κ2) is 4.18. The second-order valence-corrected chi connectivity index (χ2v) is 2.81. The molecule has 4 N–H and O–H groups in total. The van der Waals surface area contributed by atoms with Gasteiger partial charge in [-0.25, -0.2) is 0 Å². The Hall–Kier alpha value is -0.770. The minimum Gasteiger partial charge on any atom is -0.388 e. The molecule has 0 aliphatic rings. The van der Waals surface area contributed by atoms with E-state index in [1.165, 1.54) is 0 Å². The van der Waals surface area contributed by atoms with E-state index in [1.807, 2.05) is 6.92 Å². The summed E-state index contributed by atoms with van der Waals surface area (Å²) in [6.07, 6.45) is 0.691. The topological polar surface area (TPSA) is 70.6 Å². The lowest BCUT2D eigenvalue weighted by Crippen LogP contribution is -2.43. The molecule has 1 atom stereocenters. The van der Waals surface area contributed by atoms with Crippen LogP contribution in [0.25, 0.3) is 0 Å². The van der Waals surface area contributed by atoms with Gasteiger partial charge in [-0.3, -0.25) is 4.99 Å². The van der Waals surface area contributed by atoms with Gasteiger partial charge < -0.3 is 16.2 Å². The summed E-state index contributed by atoms with van der Waals surface area (Å²) >= 11 is 0. The van der Waals surface area contributed by atoms with Crippen molar-refractivity contribution in [3.05, 3.63) is 0 Å². The number of nitrogens with two attached hydrogens (primary N) is 1. The fourth-order valence-electron chi connectivity index (χ4n) is 0.485. The minimum absolute atomic E-state index is 0.360. The smallest absolute Gasteiger partial charge is 0.188 e. The Morgan fingerprint density at radius 1 is 1.73 bits per heavy atom. The van der Waals surface area contributed by atoms with E-state index in [4.69, 9.17) is 5.73 Å². The minimum atomic E-state index is -0.699. The van der Waals surface area contributed by atoms with Gasteiger partial charge in [0.25, 0.3) is 0 Å². The third-order valence-electron chi connectivity index (χ3n) is 1.65. The van der Waals surface area contributed by atoms with Gasteiger partial charge in [0.2, 0.25) is 0 Å². The average molecular weight is 159 g/mol. The van der Waals surface area contributed by atoms with Crippen LogP contribution in [0.1, 0.15) is 20.3 Å². The zero-order valence-electron chi connectivity index (χ0n) is 7.39. The van der Waals surface area contributed by atoms with Crippen LogP contribution in [0.4, 0.5) is 0 Å². The van der Waals surface area contributed by atoms with Crippen molar-refractivity contribution in [2.75, 3.05) is 13.6 Å². The first-order valence-electron chi connectivity index (χ1n) is 3.70. The molecule has 0 spiro atoms. The molecule has 0 heterocycles. The number of hydrogen-bond donors (Lipinski definition) is 3. The highest BCUT2D eigenvalue weighted by Gasteiger charge is 2.16. The molecule has 0 rings (SSSR count). The highest BCUT2D eigenvalue weighted by atomic mass is 16.3. The summed E-state index contributed by atoms with van der Waals surface area (Å²) in [4.78, 5) is 3.70. The van der Waals surface area contributed by atoms with Gasteiger partial charge >= 0.3 is 0 Å². The molecule has 0 aromatic heterocycles. The van der Waals surface area contributed by atoms with Gasteiger partial charge in [0.1, 0.15) is 0 Å². The van der Waals surface area contributed by atoms with Crippen molar-refractivity contribution < 1.29 is 5.11 Å². The fraction of sp³-hybridized carbons (Fsp3) is 0.857. The van der Waals surface area contributed by atoms with Crippen LogP contribution in [0.15, 0.2) is 4.99 Å². The summed E-state index contributed by atoms with van der Waals surface area (Å²) < 4.78 is 0. The SMILES string of the molecule is CCC(C)(O)CNC(N)=NC. The van der Waals surface area contributed by atoms with E-state index in [0.29, 0.717) is 18.9 Å². The molecule has 0 radical (unpaired) electrons. The van der Waals surface area contributed by atoms with Crippen molar-refractivity contribution in [3.63, 3.8) is 0 Å². The summed E-state index contributed by atoms with van der Waals surface area (Å²) in [5.41, 5.74) is 4.66. The standard InChI is InChI=1S/C7H17N3O/c1-4-7(2,11)5-10-6(8)9-3/h11H,4-5H2,1-3H3,(H3,8,9,10). The first-order valence-corrected chi connectivity index (χ1v) is 3.70. The molecule has 0 aromatic carbocycles. The third-order valence-corrected chi connectivity index (χ3v) is 1.65. The van der Waals surface area contributed by atoms with Crippen molar-refractivity contribution in [1.29, 1.82) is 0 Å². The highest BCUT2D eigenvalue weighted by Crippen LogP contribution is 2.05. The molecule has 66 valence electrons. The highest BCUT2D eigenvalue weighted by molar-refractivity contribution is 5.77. The molecule has 0 fully saturated rings. The Balaban J connectivity index is 3.70. The van der Waals surface area contributed by atoms with Crippen molar-refractivity contribution in [3.8, 4) is 0 Å². The van der Waals surface area contributed by atoms with Gasteiger partial charge in [0.05, 0.1) is 5.60 Å². The average Bonchev–Trinajstić information content (AvgIpc) is 2.00. The van der Waals surface area contributed by atoms with Crippen molar-refractivity contribution in [1.82, 2.24) is 5.32 Å². The zero-order valence-corrected chi connectivity index (χ0v) is 7.39. The van der Waals surface area contributed by atoms with Crippen LogP contribution < -0.4 is 11.1 Å². The number of nitrogens with zero attached hydrogens (tertiary/aromatic N) is 1. The number of aliphatic imine (C=N–C) groups is 1. The Labute approximate surface area is 67.5 Å². The fourth-order valence-corrected chi connectivity index (χ4v) is 0.485. The first-order chi connectivity index (χ1) is 5.02. The summed E-state index contributed by atoms with van der Waals surface area (Å²) in [5.74, 6) is 0.360. The normalized spacial score (nSPS) is 17.6. The molecule has 0 saturated carbocycles. The van der Waals surface area contributed by atoms with Crippen LogP contribution in [0.3, 0.4) is 0 Å². The Morgan fingerprint density at radius 2 is 2.27 bits per heavy atom. The Kier molecular flexibility index (Phi) is 3.89. The molecule has 0 aromatic rings. The van der Waals surface area contributed by atoms with E-state index in [2.05, 4.69) is 10.3 Å². The predicted octanol–water partition coefficient (Wildman–Crippen LogP) is -0.318. The van der Waals surface area contributed by atoms with Gasteiger partial charge in [0.15, 0.2) is 5.96 Å². The summed E-state index contributed by atoms with van der Waals surface area (Å²) in [6.45, 7) is 4.11. The Morgan fingerprint density at radius 3 is 2.64 bits per heavy atom. The maximum Gasteiger partial charge on any atom is 0.188 e. The van der Waals surface area contributed by atoms with Crippen molar-refractivity contribution in [2.24, 2.45) is 10.7 Å². The van der Waals surface area contributed by atoms with E-state index in [0.717, 1.165) is 0 Å². The largest absolute Gasteiger partial charge is 0.388 e. The van der Waals surface area contributed by atoms with Gasteiger partial charge in [0, 0.05) is 13.6 Å². The zero-order chi connectivity index (χ0) is 8.91. The van der Waals surface area contributed by atoms with Crippen LogP contribution in [-0.4, -0.2) is 30.3 Å². The van der Waals surface area contributed by atoms with Crippen LogP contribution in [0.2, 0.25) is 0 Å². The molecular weight excluding hydrogens is 142 g/mol. The number of hydrogen-bond acceptors (Lipinski definition) is 2. The Bertz CT molecular complexity index is 143. The maximum absolute atomic E-state index is 9.49. The van der Waals surface area contributed by atoms with E-state index >= 15 is 0 Å². The number of guanidine groups is 1. The molecule has 4 nitrogen and oxygen atoms in total. The molecular formula is C7H17N3O. The number of nitrogens with one attached hydrogen (secondary N) is 1. The number of rotatable bonds is 3. The monoisotopic (exact) mass is 159 g/mol. The van der Waals surface area contributed by atoms with Crippen LogP contribution in [0.5, 0.6) is 0 Å². The van der Waals surface area contributed by atoms with Crippen molar-refractivity contribution in [2.45, 2.75) is 25.9 Å². The van der Waals surface area contributed by atoms with Crippen LogP contribution >= 0.6 is 0 Å². The molecule has 0 amide bonds. The summed E-state index contributed by atoms with van der Waals surface area (Å²) in [5, 5.41) is 12.3. The van der Waals surface area contributed by atoms with E-state index in [-0.39, 0.29) is 0 Å². The molecule has 1 unspecified atom stereocenters. The molecule has 0 aliphatic heterocycles. The van der Waals surface area contributed by atoms with E-state index in [9.17, 15) is 5.11 Å². The predicted molar refractivity (Wildman–Crippen MR) is 46.5 cm³/mol. The first kappa shape index (κ1) is 10.2. The lowest BCUT2D eigenvalue weighted by molar-refractivity contribution is 0.0605. The van der Waals surface area contributed by atoms with Gasteiger partial charge in [-0.05, 0) is 13.3 Å². The summed E-state index contributed by atoms with van der Waals surface area (Å²) in [7, 11) is 1.60. The van der Waals surface area contributed by atoms with E-state index in [1.54, 1.807) is 14.0 Å². The third kappa shape index (κ3) is 4.61. The second-order valence-electron chi connectivity index (χ2n) is 2.81. The number of aliphatic hydroxyl groups is 1. The van der Waals surface area contributed by atoms with Gasteiger partial charge in [-0.2, -0.15) is 0 Å². The molecule has 0 aliphatic carbocycles. The molecule has 4 heteroatoms. The van der Waals surface area contributed by atoms with Gasteiger partial charge in [-0.1, -0.05) is 6.92 Å². The lowest BCUT2D eigenvalue weighted by Gasteiger charge is -2.21. The molecule has 0 bridgehead atoms. The molecule has 11 heavy (non-hydrogen) atoms.